The van der Waals surface area contributed by atoms with Crippen molar-refractivity contribution in [3.8, 4) is 0 Å². The third-order valence-corrected chi connectivity index (χ3v) is 3.98. The van der Waals surface area contributed by atoms with Gasteiger partial charge in [-0.2, -0.15) is 0 Å². The van der Waals surface area contributed by atoms with E-state index in [0.29, 0.717) is 12.6 Å². The molecule has 0 atom stereocenters. The maximum atomic E-state index is 12.5. The van der Waals surface area contributed by atoms with Gasteiger partial charge in [0, 0.05) is 28.7 Å². The number of ketones is 1. The summed E-state index contributed by atoms with van der Waals surface area (Å²) in [4.78, 5) is 12.5. The average molecular weight is 298 g/mol. The van der Waals surface area contributed by atoms with Crippen LogP contribution in [-0.2, 0) is 0 Å². The number of anilines is 1. The fraction of sp³-hybridized carbons (Fsp3) is 0.421. The van der Waals surface area contributed by atoms with Gasteiger partial charge in [0.25, 0.3) is 0 Å². The number of Topliss-reactive ketones (excluding diaryl/α,β-unsaturated/α-hetero) is 1. The minimum absolute atomic E-state index is 0.138. The van der Waals surface area contributed by atoms with Crippen molar-refractivity contribution >= 4 is 11.5 Å². The van der Waals surface area contributed by atoms with Crippen LogP contribution in [-0.4, -0.2) is 16.9 Å². The molecular formula is C19H26N2O. The van der Waals surface area contributed by atoms with E-state index in [1.807, 2.05) is 13.0 Å². The molecule has 22 heavy (non-hydrogen) atoms. The quantitative estimate of drug-likeness (QED) is 0.819. The first kappa shape index (κ1) is 16.3. The fourth-order valence-electron chi connectivity index (χ4n) is 3.21. The van der Waals surface area contributed by atoms with E-state index in [2.05, 4.69) is 62.7 Å². The summed E-state index contributed by atoms with van der Waals surface area (Å²) in [5, 5.41) is 3.25. The first-order valence-corrected chi connectivity index (χ1v) is 7.83. The van der Waals surface area contributed by atoms with Crippen molar-refractivity contribution in [3.05, 3.63) is 52.3 Å². The van der Waals surface area contributed by atoms with Crippen LogP contribution in [0.2, 0.25) is 0 Å². The molecule has 3 nitrogen and oxygen atoms in total. The van der Waals surface area contributed by atoms with E-state index in [4.69, 9.17) is 0 Å². The van der Waals surface area contributed by atoms with Gasteiger partial charge in [-0.3, -0.25) is 4.79 Å². The number of aromatic nitrogens is 1. The third-order valence-electron chi connectivity index (χ3n) is 3.98. The summed E-state index contributed by atoms with van der Waals surface area (Å²) < 4.78 is 2.21. The third kappa shape index (κ3) is 3.41. The molecule has 0 radical (unpaired) electrons. The van der Waals surface area contributed by atoms with Crippen LogP contribution < -0.4 is 5.32 Å². The molecule has 0 bridgehead atoms. The highest BCUT2D eigenvalue weighted by Crippen LogP contribution is 2.21. The van der Waals surface area contributed by atoms with Crippen molar-refractivity contribution in [2.45, 2.75) is 47.6 Å². The van der Waals surface area contributed by atoms with Crippen molar-refractivity contribution < 1.29 is 4.79 Å². The van der Waals surface area contributed by atoms with Crippen molar-refractivity contribution in [3.63, 3.8) is 0 Å². The second-order valence-corrected chi connectivity index (χ2v) is 6.40. The number of carbonyl (C=O) groups is 1. The van der Waals surface area contributed by atoms with Crippen molar-refractivity contribution in [2.75, 3.05) is 11.9 Å². The van der Waals surface area contributed by atoms with Gasteiger partial charge in [-0.05, 0) is 70.9 Å². The van der Waals surface area contributed by atoms with Gasteiger partial charge in [0.15, 0.2) is 5.78 Å². The lowest BCUT2D eigenvalue weighted by molar-refractivity contribution is 0.101. The highest BCUT2D eigenvalue weighted by molar-refractivity contribution is 6.00. The Balaban J connectivity index is 2.14. The molecule has 1 N–H and O–H groups in total. The van der Waals surface area contributed by atoms with E-state index in [0.717, 1.165) is 22.6 Å². The summed E-state index contributed by atoms with van der Waals surface area (Å²) in [7, 11) is 0. The fourth-order valence-corrected chi connectivity index (χ4v) is 3.21. The van der Waals surface area contributed by atoms with Crippen molar-refractivity contribution in [2.24, 2.45) is 0 Å². The van der Waals surface area contributed by atoms with Crippen LogP contribution in [0.1, 0.15) is 52.8 Å². The molecule has 2 rings (SSSR count). The van der Waals surface area contributed by atoms with Crippen molar-refractivity contribution in [1.29, 1.82) is 0 Å². The Kier molecular flexibility index (Phi) is 4.74. The second-order valence-electron chi connectivity index (χ2n) is 6.40. The largest absolute Gasteiger partial charge is 0.378 e. The molecule has 1 aromatic carbocycles. The zero-order valence-corrected chi connectivity index (χ0v) is 14.4. The first-order chi connectivity index (χ1) is 10.3. The summed E-state index contributed by atoms with van der Waals surface area (Å²) in [6.07, 6.45) is 0. The van der Waals surface area contributed by atoms with Gasteiger partial charge in [-0.1, -0.05) is 6.07 Å². The lowest BCUT2D eigenvalue weighted by Crippen LogP contribution is -2.15. The summed E-state index contributed by atoms with van der Waals surface area (Å²) in [6, 6.07) is 8.63. The number of benzene rings is 1. The Morgan fingerprint density at radius 1 is 1.05 bits per heavy atom. The van der Waals surface area contributed by atoms with Crippen LogP contribution >= 0.6 is 0 Å². The van der Waals surface area contributed by atoms with Gasteiger partial charge >= 0.3 is 0 Å². The van der Waals surface area contributed by atoms with Crippen LogP contribution in [0.15, 0.2) is 24.3 Å². The maximum Gasteiger partial charge on any atom is 0.183 e. The smallest absolute Gasteiger partial charge is 0.183 e. The molecular weight excluding hydrogens is 272 g/mol. The lowest BCUT2D eigenvalue weighted by Gasteiger charge is -2.13. The van der Waals surface area contributed by atoms with E-state index < -0.39 is 0 Å². The number of hydrogen-bond acceptors (Lipinski definition) is 2. The van der Waals surface area contributed by atoms with Crippen LogP contribution in [0.25, 0.3) is 0 Å². The van der Waals surface area contributed by atoms with Gasteiger partial charge in [-0.15, -0.1) is 0 Å². The molecule has 0 saturated carbocycles. The predicted molar refractivity (Wildman–Crippen MR) is 93.0 cm³/mol. The summed E-state index contributed by atoms with van der Waals surface area (Å²) in [5.74, 6) is 0.138. The van der Waals surface area contributed by atoms with Gasteiger partial charge in [-0.25, -0.2) is 0 Å². The average Bonchev–Trinajstić information content (AvgIpc) is 2.70. The Labute approximate surface area is 133 Å². The van der Waals surface area contributed by atoms with E-state index in [-0.39, 0.29) is 5.78 Å². The lowest BCUT2D eigenvalue weighted by atomic mass is 10.1. The topological polar surface area (TPSA) is 34.0 Å². The summed E-state index contributed by atoms with van der Waals surface area (Å²) >= 11 is 0. The summed E-state index contributed by atoms with van der Waals surface area (Å²) in [6.45, 7) is 12.8. The van der Waals surface area contributed by atoms with Gasteiger partial charge in [0.05, 0.1) is 6.54 Å². The monoisotopic (exact) mass is 298 g/mol. The van der Waals surface area contributed by atoms with Gasteiger partial charge in [0.2, 0.25) is 0 Å². The number of aryl methyl sites for hydroxylation is 3. The molecule has 0 spiro atoms. The molecule has 0 aliphatic rings. The molecule has 2 aromatic rings. The van der Waals surface area contributed by atoms with Crippen LogP contribution in [0.4, 0.5) is 5.69 Å². The Bertz CT molecular complexity index is 675. The molecule has 0 amide bonds. The van der Waals surface area contributed by atoms with E-state index >= 15 is 0 Å². The van der Waals surface area contributed by atoms with E-state index in [1.54, 1.807) is 0 Å². The maximum absolute atomic E-state index is 12.5. The zero-order chi connectivity index (χ0) is 16.4. The van der Waals surface area contributed by atoms with Crippen molar-refractivity contribution in [1.82, 2.24) is 4.57 Å². The first-order valence-electron chi connectivity index (χ1n) is 7.83. The van der Waals surface area contributed by atoms with Crippen LogP contribution in [0.3, 0.4) is 0 Å². The summed E-state index contributed by atoms with van der Waals surface area (Å²) in [5.41, 5.74) is 6.43. The second kappa shape index (κ2) is 6.39. The minimum Gasteiger partial charge on any atom is -0.378 e. The molecule has 3 heteroatoms. The zero-order valence-electron chi connectivity index (χ0n) is 14.4. The number of nitrogens with one attached hydrogen (secondary N) is 1. The predicted octanol–water partition coefficient (Wildman–Crippen LogP) is 4.60. The Hall–Kier alpha value is -2.03. The highest BCUT2D eigenvalue weighted by atomic mass is 16.1. The van der Waals surface area contributed by atoms with Crippen LogP contribution in [0.5, 0.6) is 0 Å². The molecule has 1 heterocycles. The molecule has 118 valence electrons. The van der Waals surface area contributed by atoms with E-state index in [1.165, 1.54) is 11.1 Å². The number of nitrogens with zero attached hydrogens (tertiary/aromatic N) is 1. The SMILES string of the molecule is Cc1cc(C)cc(NCC(=O)c2cc(C)n(C(C)C)c2C)c1. The molecule has 0 fully saturated rings. The van der Waals surface area contributed by atoms with Crippen LogP contribution in [0, 0.1) is 27.7 Å². The minimum atomic E-state index is 0.138. The number of hydrogen-bond donors (Lipinski definition) is 1. The molecule has 0 unspecified atom stereocenters. The van der Waals surface area contributed by atoms with E-state index in [9.17, 15) is 4.79 Å². The van der Waals surface area contributed by atoms with Gasteiger partial charge in [0.1, 0.15) is 0 Å². The molecule has 1 aromatic heterocycles. The van der Waals surface area contributed by atoms with Gasteiger partial charge < -0.3 is 9.88 Å². The molecule has 0 aliphatic carbocycles. The normalized spacial score (nSPS) is 11.0. The number of carbonyl (C=O) groups excluding carboxylic acids is 1. The molecule has 0 saturated heterocycles. The Morgan fingerprint density at radius 3 is 2.14 bits per heavy atom. The highest BCUT2D eigenvalue weighted by Gasteiger charge is 2.16. The number of rotatable bonds is 5. The standard InChI is InChI=1S/C19H26N2O/c1-12(2)21-15(5)10-18(16(21)6)19(22)11-20-17-8-13(3)7-14(4)9-17/h7-10,12,20H,11H2,1-6H3. The molecule has 0 aliphatic heterocycles. The Morgan fingerprint density at radius 2 is 1.64 bits per heavy atom.